The Labute approximate surface area is 204 Å². The normalized spacial score (nSPS) is 11.6. The zero-order valence-electron chi connectivity index (χ0n) is 20.6. The number of unbranched alkanes of at least 4 members (excludes halogenated alkanes) is 4. The molecule has 2 heterocycles. The number of anilines is 1. The van der Waals surface area contributed by atoms with Gasteiger partial charge in [0.25, 0.3) is 0 Å². The van der Waals surface area contributed by atoms with Crippen LogP contribution in [0.4, 0.5) is 5.69 Å². The summed E-state index contributed by atoms with van der Waals surface area (Å²) in [4.78, 5) is 34.2. The van der Waals surface area contributed by atoms with Crippen LogP contribution in [0.3, 0.4) is 0 Å². The third-order valence-corrected chi connectivity index (χ3v) is 6.12. The number of carbonyl (C=O) groups excluding carboxylic acids is 1. The Morgan fingerprint density at radius 2 is 1.77 bits per heavy atom. The number of nitrogens with zero attached hydrogens (tertiary/aromatic N) is 1. The first kappa shape index (κ1) is 24.9. The summed E-state index contributed by atoms with van der Waals surface area (Å²) in [5.74, 6) is 0.557. The van der Waals surface area contributed by atoms with Gasteiger partial charge in [0.05, 0.1) is 35.1 Å². The van der Waals surface area contributed by atoms with E-state index in [4.69, 9.17) is 9.40 Å². The van der Waals surface area contributed by atoms with Crippen LogP contribution in [0.5, 0.6) is 0 Å². The van der Waals surface area contributed by atoms with E-state index in [-0.39, 0.29) is 17.9 Å². The molecule has 4 N–H and O–H groups in total. The van der Waals surface area contributed by atoms with Crippen molar-refractivity contribution in [1.82, 2.24) is 20.6 Å². The zero-order valence-corrected chi connectivity index (χ0v) is 20.6. The highest BCUT2D eigenvalue weighted by molar-refractivity contribution is 6.13. The number of para-hydroxylation sites is 1. The zero-order chi connectivity index (χ0) is 24.6. The van der Waals surface area contributed by atoms with Crippen molar-refractivity contribution in [1.29, 1.82) is 0 Å². The Bertz CT molecular complexity index is 1360. The molecule has 0 radical (unpaired) electrons. The second kappa shape index (κ2) is 12.0. The topological polar surface area (TPSA) is 112 Å². The summed E-state index contributed by atoms with van der Waals surface area (Å²) < 4.78 is 6.15. The lowest BCUT2D eigenvalue weighted by atomic mass is 10.1. The third kappa shape index (κ3) is 5.89. The molecule has 0 spiro atoms. The number of hydrogen-bond donors (Lipinski definition) is 4. The maximum absolute atomic E-state index is 13.5. The number of amides is 1. The summed E-state index contributed by atoms with van der Waals surface area (Å²) in [6.07, 6.45) is 6.76. The number of H-pyrrole nitrogens is 1. The van der Waals surface area contributed by atoms with Crippen molar-refractivity contribution in [2.45, 2.75) is 58.9 Å². The molecule has 0 aliphatic carbocycles. The molecule has 2 aromatic heterocycles. The van der Waals surface area contributed by atoms with E-state index >= 15 is 0 Å². The minimum Gasteiger partial charge on any atom is -0.454 e. The third-order valence-electron chi connectivity index (χ3n) is 6.12. The van der Waals surface area contributed by atoms with Crippen LogP contribution in [-0.4, -0.2) is 35.5 Å². The highest BCUT2D eigenvalue weighted by atomic mass is 16.3. The van der Waals surface area contributed by atoms with Gasteiger partial charge in [-0.3, -0.25) is 9.59 Å². The quantitative estimate of drug-likeness (QED) is 0.162. The van der Waals surface area contributed by atoms with Gasteiger partial charge in [-0.15, -0.1) is 0 Å². The van der Waals surface area contributed by atoms with Crippen LogP contribution in [0, 0.1) is 0 Å². The van der Waals surface area contributed by atoms with Gasteiger partial charge in [-0.2, -0.15) is 0 Å². The molecule has 35 heavy (non-hydrogen) atoms. The Morgan fingerprint density at radius 1 is 1.03 bits per heavy atom. The van der Waals surface area contributed by atoms with Crippen LogP contribution >= 0.6 is 0 Å². The fourth-order valence-electron chi connectivity index (χ4n) is 4.27. The first-order valence-electron chi connectivity index (χ1n) is 12.7. The molecular weight excluding hydrogens is 442 g/mol. The molecular formula is C27H35N5O3. The molecule has 0 unspecified atom stereocenters. The Hall–Kier alpha value is -3.23. The minimum absolute atomic E-state index is 0.158. The van der Waals surface area contributed by atoms with Crippen LogP contribution in [0.15, 0.2) is 39.5 Å². The summed E-state index contributed by atoms with van der Waals surface area (Å²) in [7, 11) is 0. The van der Waals surface area contributed by atoms with E-state index in [1.54, 1.807) is 18.2 Å². The average molecular weight is 478 g/mol. The Balaban J connectivity index is 1.68. The molecule has 0 saturated heterocycles. The molecule has 8 nitrogen and oxygen atoms in total. The van der Waals surface area contributed by atoms with Crippen LogP contribution in [0.2, 0.25) is 0 Å². The number of aromatic amines is 1. The maximum atomic E-state index is 13.5. The van der Waals surface area contributed by atoms with Gasteiger partial charge in [0.1, 0.15) is 16.9 Å². The molecule has 0 atom stereocenters. The standard InChI is InChI=1S/C27H35N5O3/c1-3-5-9-13-28-16-22-30-19-15-20(31-23(33)17-29-14-10-6-4-2)27-24(25(19)32-22)26(34)18-11-7-8-12-21(18)35-27/h7-8,11-12,15,28-29H,3-6,9-10,13-14,16-17H2,1-2H3,(H,30,32)(H,31,33). The van der Waals surface area contributed by atoms with Gasteiger partial charge < -0.3 is 25.4 Å². The second-order valence-electron chi connectivity index (χ2n) is 8.95. The van der Waals surface area contributed by atoms with Gasteiger partial charge >= 0.3 is 0 Å². The summed E-state index contributed by atoms with van der Waals surface area (Å²) in [5, 5.41) is 10.4. The predicted octanol–water partition coefficient (Wildman–Crippen LogP) is 4.82. The average Bonchev–Trinajstić information content (AvgIpc) is 3.26. The van der Waals surface area contributed by atoms with Crippen molar-refractivity contribution in [2.75, 3.05) is 25.0 Å². The number of hydrogen-bond acceptors (Lipinski definition) is 6. The number of nitrogens with one attached hydrogen (secondary N) is 4. The van der Waals surface area contributed by atoms with Crippen LogP contribution in [-0.2, 0) is 11.3 Å². The number of rotatable bonds is 13. The Morgan fingerprint density at radius 3 is 2.54 bits per heavy atom. The largest absolute Gasteiger partial charge is 0.454 e. The lowest BCUT2D eigenvalue weighted by Crippen LogP contribution is -2.28. The van der Waals surface area contributed by atoms with Crippen LogP contribution < -0.4 is 21.4 Å². The summed E-state index contributed by atoms with van der Waals surface area (Å²) in [5.41, 5.74) is 2.37. The number of aromatic nitrogens is 2. The fourth-order valence-corrected chi connectivity index (χ4v) is 4.27. The van der Waals surface area contributed by atoms with E-state index in [1.807, 2.05) is 12.1 Å². The summed E-state index contributed by atoms with van der Waals surface area (Å²) in [6, 6.07) is 8.95. The second-order valence-corrected chi connectivity index (χ2v) is 8.95. The lowest BCUT2D eigenvalue weighted by molar-refractivity contribution is -0.115. The summed E-state index contributed by atoms with van der Waals surface area (Å²) in [6.45, 7) is 6.79. The van der Waals surface area contributed by atoms with Crippen molar-refractivity contribution >= 4 is 44.6 Å². The maximum Gasteiger partial charge on any atom is 0.238 e. The molecule has 0 saturated carbocycles. The lowest BCUT2D eigenvalue weighted by Gasteiger charge is -2.10. The molecule has 0 aliphatic rings. The summed E-state index contributed by atoms with van der Waals surface area (Å²) >= 11 is 0. The SMILES string of the molecule is CCCCCNCC(=O)Nc1cc2[nH]c(CNCCCCC)nc2c2c(=O)c3ccccc3oc12. The number of carbonyl (C=O) groups is 1. The number of fused-ring (bicyclic) bond motifs is 4. The predicted molar refractivity (Wildman–Crippen MR) is 142 cm³/mol. The first-order chi connectivity index (χ1) is 17.1. The van der Waals surface area contributed by atoms with Crippen LogP contribution in [0.1, 0.15) is 58.2 Å². The first-order valence-corrected chi connectivity index (χ1v) is 12.7. The van der Waals surface area contributed by atoms with Gasteiger partial charge in [0.2, 0.25) is 11.3 Å². The van der Waals surface area contributed by atoms with E-state index in [9.17, 15) is 9.59 Å². The number of benzene rings is 2. The molecule has 0 aliphatic heterocycles. The smallest absolute Gasteiger partial charge is 0.238 e. The Kier molecular flexibility index (Phi) is 8.50. The molecule has 2 aromatic carbocycles. The van der Waals surface area contributed by atoms with Gasteiger partial charge in [-0.25, -0.2) is 4.98 Å². The highest BCUT2D eigenvalue weighted by Gasteiger charge is 2.19. The molecule has 8 heteroatoms. The molecule has 186 valence electrons. The number of imidazole rings is 1. The molecule has 4 rings (SSSR count). The van der Waals surface area contributed by atoms with Crippen LogP contribution in [0.25, 0.3) is 33.0 Å². The van der Waals surface area contributed by atoms with Crippen molar-refractivity contribution in [3.8, 4) is 0 Å². The van der Waals surface area contributed by atoms with Gasteiger partial charge in [0.15, 0.2) is 5.58 Å². The van der Waals surface area contributed by atoms with Crippen molar-refractivity contribution in [3.63, 3.8) is 0 Å². The van der Waals surface area contributed by atoms with Gasteiger partial charge in [0, 0.05) is 0 Å². The fraction of sp³-hybridized carbons (Fsp3) is 0.444. The highest BCUT2D eigenvalue weighted by Crippen LogP contribution is 2.31. The molecule has 1 amide bonds. The monoisotopic (exact) mass is 477 g/mol. The molecule has 0 fully saturated rings. The van der Waals surface area contributed by atoms with Gasteiger partial charge in [-0.1, -0.05) is 51.7 Å². The van der Waals surface area contributed by atoms with E-state index in [2.05, 4.69) is 34.8 Å². The van der Waals surface area contributed by atoms with Crippen molar-refractivity contribution < 1.29 is 9.21 Å². The van der Waals surface area contributed by atoms with Crippen molar-refractivity contribution in [2.24, 2.45) is 0 Å². The van der Waals surface area contributed by atoms with Crippen molar-refractivity contribution in [3.05, 3.63) is 46.4 Å². The minimum atomic E-state index is -0.185. The van der Waals surface area contributed by atoms with Gasteiger partial charge in [-0.05, 0) is 44.1 Å². The van der Waals surface area contributed by atoms with E-state index in [0.717, 1.165) is 44.6 Å². The van der Waals surface area contributed by atoms with E-state index < -0.39 is 0 Å². The molecule has 0 bridgehead atoms. The van der Waals surface area contributed by atoms with E-state index in [0.29, 0.717) is 45.2 Å². The van der Waals surface area contributed by atoms with E-state index in [1.165, 1.54) is 12.8 Å². The molecule has 4 aromatic rings.